The molecule has 0 atom stereocenters. The van der Waals surface area contributed by atoms with Gasteiger partial charge in [-0.05, 0) is 63.1 Å². The van der Waals surface area contributed by atoms with Gasteiger partial charge in [0.2, 0.25) is 5.91 Å². The van der Waals surface area contributed by atoms with Crippen molar-refractivity contribution in [3.05, 3.63) is 75.8 Å². The summed E-state index contributed by atoms with van der Waals surface area (Å²) in [5, 5.41) is 12.2. The number of amides is 1. The van der Waals surface area contributed by atoms with E-state index in [0.717, 1.165) is 16.8 Å². The van der Waals surface area contributed by atoms with Gasteiger partial charge in [0.1, 0.15) is 17.8 Å². The van der Waals surface area contributed by atoms with E-state index >= 15 is 0 Å². The van der Waals surface area contributed by atoms with Crippen LogP contribution in [-0.4, -0.2) is 32.1 Å². The van der Waals surface area contributed by atoms with Gasteiger partial charge in [0, 0.05) is 5.39 Å². The molecule has 0 spiro atoms. The van der Waals surface area contributed by atoms with Crippen molar-refractivity contribution in [2.24, 2.45) is 0 Å². The molecule has 4 rings (SSSR count). The third-order valence-electron chi connectivity index (χ3n) is 5.36. The van der Waals surface area contributed by atoms with Crippen molar-refractivity contribution < 1.29 is 9.53 Å². The molecule has 8 heteroatoms. The first-order valence-electron chi connectivity index (χ1n) is 10.4. The second-order valence-corrected chi connectivity index (χ2v) is 7.61. The van der Waals surface area contributed by atoms with Gasteiger partial charge in [-0.15, -0.1) is 0 Å². The summed E-state index contributed by atoms with van der Waals surface area (Å²) in [6.07, 6.45) is 1.64. The summed E-state index contributed by atoms with van der Waals surface area (Å²) >= 11 is 0. The maximum Gasteiger partial charge on any atom is 0.293 e. The number of ether oxygens (including phenoxy) is 1. The van der Waals surface area contributed by atoms with Crippen LogP contribution in [0.4, 0.5) is 5.69 Å². The van der Waals surface area contributed by atoms with Gasteiger partial charge in [0.15, 0.2) is 0 Å². The lowest BCUT2D eigenvalue weighted by atomic mass is 10.1. The molecule has 1 amide bonds. The number of anilines is 1. The zero-order valence-corrected chi connectivity index (χ0v) is 18.5. The highest BCUT2D eigenvalue weighted by Gasteiger charge is 2.17. The number of para-hydroxylation sites is 2. The highest BCUT2D eigenvalue weighted by molar-refractivity contribution is 5.92. The normalized spacial score (nSPS) is 11.0. The third-order valence-corrected chi connectivity index (χ3v) is 5.36. The molecule has 0 saturated heterocycles. The Morgan fingerprint density at radius 1 is 1.09 bits per heavy atom. The van der Waals surface area contributed by atoms with Crippen LogP contribution in [0.2, 0.25) is 0 Å². The molecular weight excluding hydrogens is 406 g/mol. The zero-order valence-electron chi connectivity index (χ0n) is 18.5. The molecule has 0 aliphatic carbocycles. The van der Waals surface area contributed by atoms with Crippen molar-refractivity contribution in [1.29, 1.82) is 0 Å². The third kappa shape index (κ3) is 3.99. The largest absolute Gasteiger partial charge is 0.492 e. The van der Waals surface area contributed by atoms with E-state index < -0.39 is 0 Å². The summed E-state index contributed by atoms with van der Waals surface area (Å²) in [6.45, 7) is 7.97. The van der Waals surface area contributed by atoms with Gasteiger partial charge in [-0.3, -0.25) is 9.59 Å². The monoisotopic (exact) mass is 431 g/mol. The molecule has 0 unspecified atom stereocenters. The van der Waals surface area contributed by atoms with Crippen molar-refractivity contribution in [1.82, 2.24) is 19.6 Å². The van der Waals surface area contributed by atoms with E-state index in [0.29, 0.717) is 34.6 Å². The Hall–Kier alpha value is -3.94. The fourth-order valence-electron chi connectivity index (χ4n) is 3.56. The van der Waals surface area contributed by atoms with Gasteiger partial charge < -0.3 is 10.1 Å². The van der Waals surface area contributed by atoms with Gasteiger partial charge in [-0.1, -0.05) is 18.2 Å². The summed E-state index contributed by atoms with van der Waals surface area (Å²) in [6, 6.07) is 13.1. The minimum absolute atomic E-state index is 0.228. The molecular formula is C24H25N5O3. The second-order valence-electron chi connectivity index (χ2n) is 7.61. The van der Waals surface area contributed by atoms with Gasteiger partial charge in [0.05, 0.1) is 29.9 Å². The Labute approximate surface area is 185 Å². The minimum Gasteiger partial charge on any atom is -0.492 e. The highest BCUT2D eigenvalue weighted by Crippen LogP contribution is 2.24. The van der Waals surface area contributed by atoms with E-state index in [1.807, 2.05) is 45.0 Å². The smallest absolute Gasteiger partial charge is 0.293 e. The number of aromatic nitrogens is 4. The molecule has 0 fully saturated rings. The quantitative estimate of drug-likeness (QED) is 0.504. The van der Waals surface area contributed by atoms with Gasteiger partial charge in [0.25, 0.3) is 5.56 Å². The number of hydrogen-bond acceptors (Lipinski definition) is 5. The van der Waals surface area contributed by atoms with E-state index in [-0.39, 0.29) is 18.0 Å². The number of carbonyl (C=O) groups is 1. The van der Waals surface area contributed by atoms with Crippen molar-refractivity contribution in [3.63, 3.8) is 0 Å². The molecule has 4 aromatic rings. The maximum atomic E-state index is 13.3. The Kier molecular flexibility index (Phi) is 5.77. The lowest BCUT2D eigenvalue weighted by Crippen LogP contribution is -2.31. The lowest BCUT2D eigenvalue weighted by molar-refractivity contribution is -0.117. The van der Waals surface area contributed by atoms with Crippen LogP contribution in [0.15, 0.2) is 53.5 Å². The number of nitrogens with one attached hydrogen (secondary N) is 1. The molecule has 1 N–H and O–H groups in total. The number of benzene rings is 2. The van der Waals surface area contributed by atoms with Gasteiger partial charge >= 0.3 is 0 Å². The van der Waals surface area contributed by atoms with Crippen molar-refractivity contribution in [3.8, 4) is 11.4 Å². The lowest BCUT2D eigenvalue weighted by Gasteiger charge is -2.12. The highest BCUT2D eigenvalue weighted by atomic mass is 16.5. The summed E-state index contributed by atoms with van der Waals surface area (Å²) in [4.78, 5) is 26.0. The van der Waals surface area contributed by atoms with E-state index in [9.17, 15) is 9.59 Å². The van der Waals surface area contributed by atoms with Gasteiger partial charge in [-0.2, -0.15) is 10.2 Å². The molecule has 8 nitrogen and oxygen atoms in total. The molecule has 2 aromatic carbocycles. The van der Waals surface area contributed by atoms with Crippen molar-refractivity contribution in [2.45, 2.75) is 34.2 Å². The molecule has 164 valence electrons. The number of aryl methyl sites for hydroxylation is 3. The average Bonchev–Trinajstić information content (AvgIpc) is 3.21. The Bertz CT molecular complexity index is 1370. The summed E-state index contributed by atoms with van der Waals surface area (Å²) in [7, 11) is 0. The minimum atomic E-state index is -0.380. The van der Waals surface area contributed by atoms with E-state index in [2.05, 4.69) is 15.5 Å². The van der Waals surface area contributed by atoms with E-state index in [4.69, 9.17) is 4.74 Å². The summed E-state index contributed by atoms with van der Waals surface area (Å²) in [5.74, 6) is 0.200. The topological polar surface area (TPSA) is 91.0 Å². The van der Waals surface area contributed by atoms with E-state index in [1.165, 1.54) is 4.68 Å². The van der Waals surface area contributed by atoms with Crippen LogP contribution in [0.1, 0.15) is 23.7 Å². The molecule has 32 heavy (non-hydrogen) atoms. The second kappa shape index (κ2) is 8.66. The molecule has 2 aromatic heterocycles. The molecule has 0 aliphatic rings. The molecule has 0 aliphatic heterocycles. The van der Waals surface area contributed by atoms with Crippen molar-refractivity contribution in [2.75, 3.05) is 11.9 Å². The maximum absolute atomic E-state index is 13.3. The number of hydrogen-bond donors (Lipinski definition) is 1. The molecule has 2 heterocycles. The Balaban J connectivity index is 1.70. The standard InChI is InChI=1S/C24H25N5O3/c1-5-32-21-9-7-6-8-20(21)26-22(30)14-28-24(31)23-19(17(4)27-28)13-25-29(23)18-11-10-15(2)16(3)12-18/h6-13H,5,14H2,1-4H3,(H,26,30). The SMILES string of the molecule is CCOc1ccccc1NC(=O)Cn1nc(C)c2cnn(-c3ccc(C)c(C)c3)c2c1=O. The number of carbonyl (C=O) groups excluding carboxylic acids is 1. The van der Waals surface area contributed by atoms with Gasteiger partial charge in [-0.25, -0.2) is 9.36 Å². The van der Waals surface area contributed by atoms with Crippen LogP contribution in [0.25, 0.3) is 16.6 Å². The van der Waals surface area contributed by atoms with E-state index in [1.54, 1.807) is 36.0 Å². The van der Waals surface area contributed by atoms with Crippen LogP contribution < -0.4 is 15.6 Å². The molecule has 0 radical (unpaired) electrons. The fourth-order valence-corrected chi connectivity index (χ4v) is 3.56. The number of fused-ring (bicyclic) bond motifs is 1. The number of nitrogens with zero attached hydrogens (tertiary/aromatic N) is 4. The first kappa shape index (κ1) is 21.3. The van der Waals surface area contributed by atoms with Crippen LogP contribution in [0.5, 0.6) is 5.75 Å². The van der Waals surface area contributed by atoms with Crippen LogP contribution in [0, 0.1) is 20.8 Å². The fraction of sp³-hybridized carbons (Fsp3) is 0.250. The summed E-state index contributed by atoms with van der Waals surface area (Å²) < 4.78 is 8.34. The van der Waals surface area contributed by atoms with Crippen molar-refractivity contribution >= 4 is 22.5 Å². The Morgan fingerprint density at radius 2 is 1.88 bits per heavy atom. The first-order valence-corrected chi connectivity index (χ1v) is 10.4. The summed E-state index contributed by atoms with van der Waals surface area (Å²) in [5.41, 5.74) is 4.22. The van der Waals surface area contributed by atoms with Crippen LogP contribution in [-0.2, 0) is 11.3 Å². The predicted molar refractivity (Wildman–Crippen MR) is 124 cm³/mol. The predicted octanol–water partition coefficient (Wildman–Crippen LogP) is 3.54. The average molecular weight is 431 g/mol. The first-order chi connectivity index (χ1) is 15.4. The van der Waals surface area contributed by atoms with Crippen LogP contribution >= 0.6 is 0 Å². The zero-order chi connectivity index (χ0) is 22.8. The Morgan fingerprint density at radius 3 is 2.62 bits per heavy atom. The molecule has 0 saturated carbocycles. The van der Waals surface area contributed by atoms with Crippen LogP contribution in [0.3, 0.4) is 0 Å². The number of rotatable bonds is 6. The molecule has 0 bridgehead atoms.